The minimum absolute atomic E-state index is 0.0699. The molecule has 14 rings (SSSR count). The molecule has 24 heteroatoms. The quantitative estimate of drug-likeness (QED) is 0.0947. The molecule has 84 heavy (non-hydrogen) atoms. The minimum atomic E-state index is -2.69. The van der Waals surface area contributed by atoms with Crippen LogP contribution >= 0.6 is 0 Å². The molecule has 6 aliphatic rings. The van der Waals surface area contributed by atoms with Gasteiger partial charge in [0.25, 0.3) is 0 Å². The lowest BCUT2D eigenvalue weighted by molar-refractivity contribution is -0.228. The molecule has 0 saturated heterocycles. The molecule has 430 valence electrons. The standard InChI is InChI=1S/C60H46O24/c61-23-13-35(72)41-39(15-23)81-59(21-3-7-28(65)33(70)11-21)57(77)45(41)48-54-47(55-49(56(48)84-59)46-42-36(73)14-24(62)16-40(42)82-60(83-55,58(46)78)22-4-8-29(66)34(71)12-22)44(50(76)52(80-54)20-2-6-27(64)32(69)10-20)43-37(74)18-30(67)25-17-38(75)51(79-53(25)43)19-1-5-26(63)31(68)9-19/h1-16,18,38,44-46,50-52,57-58,61-78H,17H2. The van der Waals surface area contributed by atoms with Gasteiger partial charge in [-0.15, -0.1) is 0 Å². The SMILES string of the molecule is Oc1cc(O)c2c(c1)OC1(c3ccc(O)c(O)c3)Oc3c4c(c5c(c3C2C1O)OC1(c2ccc(O)c(O)c2)Oc2cc(O)cc(O)c2C5C1O)OC(c1ccc(O)c(O)c1)C(O)C4c1c(O)cc(O)c2c1OC(c1ccc(O)c(O)c1)C(O)C2. The Bertz CT molecular complexity index is 4180. The van der Waals surface area contributed by atoms with E-state index in [4.69, 9.17) is 28.4 Å². The Morgan fingerprint density at radius 3 is 1.23 bits per heavy atom. The molecule has 8 aromatic carbocycles. The van der Waals surface area contributed by atoms with Crippen LogP contribution in [-0.2, 0) is 18.0 Å². The van der Waals surface area contributed by atoms with Crippen LogP contribution in [-0.4, -0.2) is 116 Å². The van der Waals surface area contributed by atoms with Gasteiger partial charge in [0, 0.05) is 86.8 Å². The van der Waals surface area contributed by atoms with Crippen LogP contribution in [0, 0.1) is 0 Å². The van der Waals surface area contributed by atoms with E-state index in [9.17, 15) is 91.9 Å². The molecule has 0 aliphatic carbocycles. The Kier molecular flexibility index (Phi) is 10.8. The smallest absolute Gasteiger partial charge is 0.305 e. The van der Waals surface area contributed by atoms with Crippen LogP contribution in [0.15, 0.2) is 103 Å². The molecule has 11 atom stereocenters. The molecule has 0 fully saturated rings. The van der Waals surface area contributed by atoms with Crippen LogP contribution in [0.5, 0.6) is 115 Å². The van der Waals surface area contributed by atoms with E-state index in [1.54, 1.807) is 0 Å². The lowest BCUT2D eigenvalue weighted by Crippen LogP contribution is -2.60. The second kappa shape index (κ2) is 17.6. The highest BCUT2D eigenvalue weighted by Gasteiger charge is 2.66. The molecule has 0 spiro atoms. The molecule has 0 amide bonds. The molecular weight excluding hydrogens is 1100 g/mol. The van der Waals surface area contributed by atoms with Crippen molar-refractivity contribution in [2.75, 3.05) is 0 Å². The summed E-state index contributed by atoms with van der Waals surface area (Å²) in [7, 11) is 0. The Morgan fingerprint density at radius 1 is 0.333 bits per heavy atom. The topological polar surface area (TPSA) is 420 Å². The van der Waals surface area contributed by atoms with Crippen LogP contribution in [0.25, 0.3) is 0 Å². The molecule has 8 aromatic rings. The highest BCUT2D eigenvalue weighted by atomic mass is 16.7. The summed E-state index contributed by atoms with van der Waals surface area (Å²) in [6, 6.07) is 18.2. The van der Waals surface area contributed by atoms with Gasteiger partial charge in [-0.2, -0.15) is 0 Å². The van der Waals surface area contributed by atoms with Gasteiger partial charge >= 0.3 is 11.6 Å². The maximum atomic E-state index is 13.5. The summed E-state index contributed by atoms with van der Waals surface area (Å²) < 4.78 is 41.0. The third kappa shape index (κ3) is 7.01. The van der Waals surface area contributed by atoms with Crippen molar-refractivity contribution in [2.45, 2.75) is 72.4 Å². The predicted octanol–water partition coefficient (Wildman–Crippen LogP) is 5.49. The molecule has 0 radical (unpaired) electrons. The van der Waals surface area contributed by atoms with Crippen molar-refractivity contribution in [3.8, 4) is 115 Å². The lowest BCUT2D eigenvalue weighted by Gasteiger charge is -2.55. The van der Waals surface area contributed by atoms with Crippen molar-refractivity contribution < 1.29 is 120 Å². The van der Waals surface area contributed by atoms with E-state index in [1.807, 2.05) is 0 Å². The van der Waals surface area contributed by atoms with Gasteiger partial charge in [0.1, 0.15) is 93.4 Å². The highest BCUT2D eigenvalue weighted by Crippen LogP contribution is 2.71. The molecule has 24 nitrogen and oxygen atoms in total. The zero-order valence-electron chi connectivity index (χ0n) is 42.7. The first kappa shape index (κ1) is 51.7. The maximum Gasteiger partial charge on any atom is 0.305 e. The van der Waals surface area contributed by atoms with Crippen LogP contribution in [0.4, 0.5) is 0 Å². The third-order valence-electron chi connectivity index (χ3n) is 16.7. The van der Waals surface area contributed by atoms with Gasteiger partial charge < -0.3 is 120 Å². The third-order valence-corrected chi connectivity index (χ3v) is 16.7. The number of ether oxygens (including phenoxy) is 6. The van der Waals surface area contributed by atoms with Gasteiger partial charge in [-0.05, 0) is 71.8 Å². The second-order valence-corrected chi connectivity index (χ2v) is 21.4. The van der Waals surface area contributed by atoms with E-state index in [0.717, 1.165) is 78.9 Å². The number of phenolic OH excluding ortho intramolecular Hbond substituents is 14. The van der Waals surface area contributed by atoms with E-state index >= 15 is 0 Å². The van der Waals surface area contributed by atoms with Gasteiger partial charge in [0.2, 0.25) is 0 Å². The highest BCUT2D eigenvalue weighted by molar-refractivity contribution is 5.78. The van der Waals surface area contributed by atoms with Gasteiger partial charge in [-0.3, -0.25) is 0 Å². The summed E-state index contributed by atoms with van der Waals surface area (Å²) in [4.78, 5) is 0. The average Bonchev–Trinajstić information content (AvgIpc) is 1.10. The fraction of sp³-hybridized carbons (Fsp3) is 0.200. The molecule has 6 heterocycles. The monoisotopic (exact) mass is 1150 g/mol. The molecule has 6 aliphatic heterocycles. The van der Waals surface area contributed by atoms with Crippen molar-refractivity contribution in [3.05, 3.63) is 164 Å². The van der Waals surface area contributed by atoms with Gasteiger partial charge in [0.15, 0.2) is 52.1 Å². The van der Waals surface area contributed by atoms with E-state index in [-0.39, 0.29) is 67.1 Å². The number of hydrogen-bond donors (Lipinski definition) is 18. The Balaban J connectivity index is 1.16. The van der Waals surface area contributed by atoms with Crippen molar-refractivity contribution in [2.24, 2.45) is 0 Å². The molecule has 0 saturated carbocycles. The first-order valence-corrected chi connectivity index (χ1v) is 25.8. The number of rotatable bonds is 5. The van der Waals surface area contributed by atoms with Crippen LogP contribution in [0.1, 0.15) is 91.2 Å². The van der Waals surface area contributed by atoms with Gasteiger partial charge in [0.05, 0.1) is 23.9 Å². The lowest BCUT2D eigenvalue weighted by atomic mass is 9.67. The molecular formula is C60H46O24. The normalized spacial score (nSPS) is 26.3. The summed E-state index contributed by atoms with van der Waals surface area (Å²) >= 11 is 0. The second-order valence-electron chi connectivity index (χ2n) is 21.4. The molecule has 11 unspecified atom stereocenters. The first-order valence-electron chi connectivity index (χ1n) is 25.8. The number of fused-ring (bicyclic) bond motifs is 17. The van der Waals surface area contributed by atoms with E-state index in [1.165, 1.54) is 24.3 Å². The molecule has 18 N–H and O–H groups in total. The molecule has 4 bridgehead atoms. The van der Waals surface area contributed by atoms with E-state index in [0.29, 0.717) is 0 Å². The maximum absolute atomic E-state index is 13.5. The summed E-state index contributed by atoms with van der Waals surface area (Å²) in [5.41, 5.74) is -2.63. The zero-order valence-corrected chi connectivity index (χ0v) is 42.7. The minimum Gasteiger partial charge on any atom is -0.508 e. The molecule has 0 aromatic heterocycles. The number of aromatic hydroxyl groups is 14. The number of benzene rings is 8. The van der Waals surface area contributed by atoms with Crippen molar-refractivity contribution in [1.29, 1.82) is 0 Å². The number of phenols is 14. The van der Waals surface area contributed by atoms with E-state index in [2.05, 4.69) is 0 Å². The summed E-state index contributed by atoms with van der Waals surface area (Å²) in [5, 5.41) is 208. The number of aliphatic hydroxyl groups excluding tert-OH is 4. The first-order chi connectivity index (χ1) is 40.0. The van der Waals surface area contributed by atoms with Crippen LogP contribution in [0.3, 0.4) is 0 Å². The van der Waals surface area contributed by atoms with Crippen molar-refractivity contribution in [1.82, 2.24) is 0 Å². The largest absolute Gasteiger partial charge is 0.508 e. The van der Waals surface area contributed by atoms with Crippen LogP contribution in [0.2, 0.25) is 0 Å². The summed E-state index contributed by atoms with van der Waals surface area (Å²) in [6.07, 6.45) is -11.6. The van der Waals surface area contributed by atoms with E-state index < -0.39 is 181 Å². The van der Waals surface area contributed by atoms with Crippen LogP contribution < -0.4 is 28.4 Å². The fourth-order valence-corrected chi connectivity index (χ4v) is 12.9. The number of hydrogen-bond acceptors (Lipinski definition) is 24. The van der Waals surface area contributed by atoms with Gasteiger partial charge in [-0.25, -0.2) is 0 Å². The average molecular weight is 1150 g/mol. The number of aliphatic hydroxyl groups is 4. The van der Waals surface area contributed by atoms with Crippen molar-refractivity contribution >= 4 is 0 Å². The fourth-order valence-electron chi connectivity index (χ4n) is 12.9. The zero-order chi connectivity index (χ0) is 59.1. The predicted molar refractivity (Wildman–Crippen MR) is 281 cm³/mol. The van der Waals surface area contributed by atoms with Crippen molar-refractivity contribution in [3.63, 3.8) is 0 Å². The Labute approximate surface area is 470 Å². The Hall–Kier alpha value is -10.4. The summed E-state index contributed by atoms with van der Waals surface area (Å²) in [5.74, 6) is -22.7. The van der Waals surface area contributed by atoms with Gasteiger partial charge in [-0.1, -0.05) is 12.1 Å². The summed E-state index contributed by atoms with van der Waals surface area (Å²) in [6.45, 7) is 0. The Morgan fingerprint density at radius 2 is 0.750 bits per heavy atom.